The van der Waals surface area contributed by atoms with Crippen molar-refractivity contribution in [3.05, 3.63) is 60.1 Å². The second kappa shape index (κ2) is 8.25. The van der Waals surface area contributed by atoms with Crippen molar-refractivity contribution in [1.29, 1.82) is 0 Å². The molecule has 2 aromatic rings. The van der Waals surface area contributed by atoms with Gasteiger partial charge in [0.05, 0.1) is 37.8 Å². The summed E-state index contributed by atoms with van der Waals surface area (Å²) in [5.74, 6) is -1.62. The van der Waals surface area contributed by atoms with Crippen molar-refractivity contribution >= 4 is 5.97 Å². The molecule has 27 heavy (non-hydrogen) atoms. The monoisotopic (exact) mass is 374 g/mol. The van der Waals surface area contributed by atoms with E-state index in [2.05, 4.69) is 0 Å². The summed E-state index contributed by atoms with van der Waals surface area (Å²) >= 11 is 0. The van der Waals surface area contributed by atoms with Crippen molar-refractivity contribution in [2.45, 2.75) is 44.7 Å². The predicted molar refractivity (Wildman–Crippen MR) is 97.5 cm³/mol. The number of hydrogen-bond donors (Lipinski definition) is 2. The summed E-state index contributed by atoms with van der Waals surface area (Å²) in [4.78, 5) is 12.6. The topological polar surface area (TPSA) is 89.1 Å². The zero-order valence-electron chi connectivity index (χ0n) is 15.6. The highest BCUT2D eigenvalue weighted by molar-refractivity contribution is 5.75. The first kappa shape index (κ1) is 19.6. The van der Waals surface area contributed by atoms with Gasteiger partial charge in [0.1, 0.15) is 11.7 Å². The normalized spacial score (nSPS) is 30.8. The molecule has 5 atom stereocenters. The van der Waals surface area contributed by atoms with Crippen LogP contribution in [0.2, 0.25) is 0 Å². The zero-order chi connectivity index (χ0) is 19.4. The van der Waals surface area contributed by atoms with Crippen LogP contribution in [0.25, 0.3) is 0 Å². The third-order valence-corrected chi connectivity index (χ3v) is 5.29. The Morgan fingerprint density at radius 2 is 2.04 bits per heavy atom. The van der Waals surface area contributed by atoms with Gasteiger partial charge in [0.2, 0.25) is 0 Å². The molecule has 1 aliphatic rings. The number of aliphatic hydroxyl groups is 2. The lowest BCUT2D eigenvalue weighted by molar-refractivity contribution is -0.231. The Morgan fingerprint density at radius 3 is 2.67 bits per heavy atom. The average molecular weight is 374 g/mol. The van der Waals surface area contributed by atoms with Gasteiger partial charge in [0.15, 0.2) is 0 Å². The highest BCUT2D eigenvalue weighted by Crippen LogP contribution is 2.46. The van der Waals surface area contributed by atoms with Gasteiger partial charge in [-0.25, -0.2) is 0 Å². The number of aliphatic hydroxyl groups excluding tert-OH is 1. The van der Waals surface area contributed by atoms with Crippen LogP contribution in [-0.4, -0.2) is 35.0 Å². The molecule has 0 radical (unpaired) electrons. The van der Waals surface area contributed by atoms with Crippen molar-refractivity contribution in [2.75, 3.05) is 6.61 Å². The maximum atomic E-state index is 12.6. The molecule has 1 aliphatic carbocycles. The van der Waals surface area contributed by atoms with E-state index in [4.69, 9.17) is 13.9 Å². The quantitative estimate of drug-likeness (QED) is 0.756. The molecule has 0 unspecified atom stereocenters. The highest BCUT2D eigenvalue weighted by atomic mass is 16.5. The van der Waals surface area contributed by atoms with Crippen molar-refractivity contribution in [2.24, 2.45) is 11.8 Å². The third kappa shape index (κ3) is 3.78. The predicted octanol–water partition coefficient (Wildman–Crippen LogP) is 2.63. The summed E-state index contributed by atoms with van der Waals surface area (Å²) in [6.45, 7) is 3.97. The van der Waals surface area contributed by atoms with Crippen LogP contribution < -0.4 is 0 Å². The first-order valence-electron chi connectivity index (χ1n) is 9.23. The Hall–Kier alpha value is -2.15. The van der Waals surface area contributed by atoms with Crippen molar-refractivity contribution < 1.29 is 28.9 Å². The highest BCUT2D eigenvalue weighted by Gasteiger charge is 2.58. The Balaban J connectivity index is 1.96. The number of furan rings is 1. The SMILES string of the molecule is CCOC(=O)[C@H]1C[C@H](C)[C@@H](O)[C@H](OCc2ccccc2)[C@@]1(O)c1ccoc1. The molecule has 1 fully saturated rings. The molecule has 0 amide bonds. The molecule has 1 heterocycles. The maximum Gasteiger partial charge on any atom is 0.312 e. The van der Waals surface area contributed by atoms with Gasteiger partial charge in [-0.05, 0) is 30.9 Å². The fourth-order valence-corrected chi connectivity index (χ4v) is 3.81. The molecule has 0 saturated heterocycles. The van der Waals surface area contributed by atoms with Crippen LogP contribution in [0.4, 0.5) is 0 Å². The van der Waals surface area contributed by atoms with E-state index in [0.717, 1.165) is 5.56 Å². The van der Waals surface area contributed by atoms with Crippen LogP contribution in [0, 0.1) is 11.8 Å². The molecular weight excluding hydrogens is 348 g/mol. The van der Waals surface area contributed by atoms with E-state index in [0.29, 0.717) is 5.56 Å². The van der Waals surface area contributed by atoms with E-state index >= 15 is 0 Å². The van der Waals surface area contributed by atoms with Gasteiger partial charge < -0.3 is 24.1 Å². The summed E-state index contributed by atoms with van der Waals surface area (Å²) in [5, 5.41) is 22.5. The standard InChI is InChI=1S/C21H26O6/c1-3-26-20(23)17-11-14(2)18(22)19(21(17,24)16-9-10-25-13-16)27-12-15-7-5-4-6-8-15/h4-10,13-14,17-19,22,24H,3,11-12H2,1-2H3/t14-,17+,18+,19-,21+/m0/s1. The summed E-state index contributed by atoms with van der Waals surface area (Å²) in [6, 6.07) is 11.1. The van der Waals surface area contributed by atoms with Gasteiger partial charge in [-0.15, -0.1) is 0 Å². The largest absolute Gasteiger partial charge is 0.472 e. The van der Waals surface area contributed by atoms with Crippen LogP contribution in [0.3, 0.4) is 0 Å². The second-order valence-electron chi connectivity index (χ2n) is 7.06. The lowest BCUT2D eigenvalue weighted by Crippen LogP contribution is -2.61. The molecule has 1 aromatic carbocycles. The number of carbonyl (C=O) groups excluding carboxylic acids is 1. The third-order valence-electron chi connectivity index (χ3n) is 5.29. The molecule has 0 bridgehead atoms. The molecule has 0 spiro atoms. The van der Waals surface area contributed by atoms with Crippen molar-refractivity contribution in [1.82, 2.24) is 0 Å². The van der Waals surface area contributed by atoms with Gasteiger partial charge in [0.25, 0.3) is 0 Å². The minimum Gasteiger partial charge on any atom is -0.472 e. The number of rotatable bonds is 6. The molecule has 6 heteroatoms. The minimum absolute atomic E-state index is 0.199. The van der Waals surface area contributed by atoms with Crippen LogP contribution >= 0.6 is 0 Å². The van der Waals surface area contributed by atoms with Crippen molar-refractivity contribution in [3.8, 4) is 0 Å². The van der Waals surface area contributed by atoms with E-state index in [1.807, 2.05) is 37.3 Å². The second-order valence-corrected chi connectivity index (χ2v) is 7.06. The van der Waals surface area contributed by atoms with Crippen molar-refractivity contribution in [3.63, 3.8) is 0 Å². The van der Waals surface area contributed by atoms with E-state index < -0.39 is 29.7 Å². The van der Waals surface area contributed by atoms with Crippen LogP contribution in [0.5, 0.6) is 0 Å². The number of hydrogen-bond acceptors (Lipinski definition) is 6. The maximum absolute atomic E-state index is 12.6. The average Bonchev–Trinajstić information content (AvgIpc) is 3.21. The van der Waals surface area contributed by atoms with Gasteiger partial charge >= 0.3 is 5.97 Å². The molecule has 2 N–H and O–H groups in total. The van der Waals surface area contributed by atoms with Crippen LogP contribution in [0.1, 0.15) is 31.4 Å². The van der Waals surface area contributed by atoms with Crippen LogP contribution in [0.15, 0.2) is 53.3 Å². The zero-order valence-corrected chi connectivity index (χ0v) is 15.6. The van der Waals surface area contributed by atoms with E-state index in [1.54, 1.807) is 13.0 Å². The molecule has 146 valence electrons. The lowest BCUT2D eigenvalue weighted by atomic mass is 9.65. The lowest BCUT2D eigenvalue weighted by Gasteiger charge is -2.48. The number of esters is 1. The fraction of sp³-hybridized carbons (Fsp3) is 0.476. The molecule has 1 saturated carbocycles. The Labute approximate surface area is 158 Å². The van der Waals surface area contributed by atoms with E-state index in [9.17, 15) is 15.0 Å². The van der Waals surface area contributed by atoms with E-state index in [-0.39, 0.29) is 25.6 Å². The summed E-state index contributed by atoms with van der Waals surface area (Å²) in [7, 11) is 0. The number of benzene rings is 1. The number of ether oxygens (including phenoxy) is 2. The summed E-state index contributed by atoms with van der Waals surface area (Å²) in [5.41, 5.74) is -0.449. The summed E-state index contributed by atoms with van der Waals surface area (Å²) in [6.07, 6.45) is 1.14. The molecule has 6 nitrogen and oxygen atoms in total. The Kier molecular flexibility index (Phi) is 5.99. The Bertz CT molecular complexity index is 728. The number of carbonyl (C=O) groups is 1. The van der Waals surface area contributed by atoms with Crippen LogP contribution in [-0.2, 0) is 26.5 Å². The van der Waals surface area contributed by atoms with E-state index in [1.165, 1.54) is 12.5 Å². The first-order chi connectivity index (χ1) is 13.0. The minimum atomic E-state index is -1.75. The molecular formula is C21H26O6. The summed E-state index contributed by atoms with van der Waals surface area (Å²) < 4.78 is 16.3. The van der Waals surface area contributed by atoms with Gasteiger partial charge in [-0.1, -0.05) is 37.3 Å². The molecule has 1 aromatic heterocycles. The molecule has 0 aliphatic heterocycles. The fourth-order valence-electron chi connectivity index (χ4n) is 3.81. The Morgan fingerprint density at radius 1 is 1.30 bits per heavy atom. The molecule has 3 rings (SSSR count). The van der Waals surface area contributed by atoms with Gasteiger partial charge in [-0.3, -0.25) is 4.79 Å². The van der Waals surface area contributed by atoms with Gasteiger partial charge in [0, 0.05) is 5.56 Å². The first-order valence-corrected chi connectivity index (χ1v) is 9.23. The smallest absolute Gasteiger partial charge is 0.312 e. The van der Waals surface area contributed by atoms with Gasteiger partial charge in [-0.2, -0.15) is 0 Å².